The summed E-state index contributed by atoms with van der Waals surface area (Å²) in [7, 11) is 1.63. The van der Waals surface area contributed by atoms with Gasteiger partial charge in [0.2, 0.25) is 17.6 Å². The minimum absolute atomic E-state index is 0.0790. The molecule has 0 bridgehead atoms. The van der Waals surface area contributed by atoms with E-state index in [9.17, 15) is 4.79 Å². The van der Waals surface area contributed by atoms with E-state index in [1.165, 1.54) is 0 Å². The van der Waals surface area contributed by atoms with Crippen molar-refractivity contribution < 1.29 is 23.5 Å². The first-order chi connectivity index (χ1) is 14.2. The van der Waals surface area contributed by atoms with Crippen LogP contribution in [0.2, 0.25) is 0 Å². The number of aromatic nitrogens is 2. The van der Waals surface area contributed by atoms with Gasteiger partial charge < -0.3 is 23.6 Å². The third-order valence-electron chi connectivity index (χ3n) is 5.52. The molecule has 0 spiro atoms. The van der Waals surface area contributed by atoms with Gasteiger partial charge in [0.15, 0.2) is 6.29 Å². The van der Waals surface area contributed by atoms with Crippen LogP contribution in [0.3, 0.4) is 0 Å². The molecule has 1 amide bonds. The van der Waals surface area contributed by atoms with Gasteiger partial charge in [-0.1, -0.05) is 5.16 Å². The molecule has 2 aromatic rings. The Balaban J connectivity index is 1.20. The maximum absolute atomic E-state index is 12.5. The second-order valence-electron chi connectivity index (χ2n) is 7.42. The van der Waals surface area contributed by atoms with Crippen molar-refractivity contribution in [1.82, 2.24) is 15.0 Å². The summed E-state index contributed by atoms with van der Waals surface area (Å²) in [5.41, 5.74) is 0.870. The molecule has 0 N–H and O–H groups in total. The SMILES string of the molecule is COc1ccc(-c2noc(CCCC(=O)N3CCC(C4OCCO4)CC3)n2)cc1. The molecule has 2 aliphatic rings. The van der Waals surface area contributed by atoms with Crippen molar-refractivity contribution >= 4 is 5.91 Å². The summed E-state index contributed by atoms with van der Waals surface area (Å²) in [6, 6.07) is 7.50. The van der Waals surface area contributed by atoms with Crippen LogP contribution in [-0.4, -0.2) is 60.7 Å². The van der Waals surface area contributed by atoms with Crippen LogP contribution >= 0.6 is 0 Å². The third kappa shape index (κ3) is 4.94. The molecule has 8 nitrogen and oxygen atoms in total. The molecule has 2 saturated heterocycles. The Morgan fingerprint density at radius 3 is 2.59 bits per heavy atom. The largest absolute Gasteiger partial charge is 0.497 e. The average molecular weight is 401 g/mol. The fourth-order valence-electron chi connectivity index (χ4n) is 3.83. The number of likely N-dealkylation sites (tertiary alicyclic amines) is 1. The van der Waals surface area contributed by atoms with Crippen LogP contribution < -0.4 is 4.74 Å². The number of benzene rings is 1. The van der Waals surface area contributed by atoms with Gasteiger partial charge in [-0.05, 0) is 43.5 Å². The monoisotopic (exact) mass is 401 g/mol. The summed E-state index contributed by atoms with van der Waals surface area (Å²) in [5, 5.41) is 4.03. The molecule has 0 atom stereocenters. The number of rotatable bonds is 7. The van der Waals surface area contributed by atoms with Crippen molar-refractivity contribution in [2.24, 2.45) is 5.92 Å². The molecule has 1 aromatic heterocycles. The van der Waals surface area contributed by atoms with E-state index >= 15 is 0 Å². The number of aryl methyl sites for hydroxylation is 1. The smallest absolute Gasteiger partial charge is 0.226 e. The van der Waals surface area contributed by atoms with Gasteiger partial charge in [0, 0.05) is 37.4 Å². The zero-order chi connectivity index (χ0) is 20.1. The number of ether oxygens (including phenoxy) is 3. The molecule has 0 unspecified atom stereocenters. The Kier molecular flexibility index (Phi) is 6.41. The summed E-state index contributed by atoms with van der Waals surface area (Å²) in [5.74, 6) is 2.47. The van der Waals surface area contributed by atoms with Gasteiger partial charge in [-0.3, -0.25) is 4.79 Å². The molecule has 8 heteroatoms. The molecular formula is C21H27N3O5. The molecule has 3 heterocycles. The van der Waals surface area contributed by atoms with Gasteiger partial charge in [-0.2, -0.15) is 4.98 Å². The quantitative estimate of drug-likeness (QED) is 0.705. The van der Waals surface area contributed by atoms with E-state index in [1.54, 1.807) is 7.11 Å². The minimum Gasteiger partial charge on any atom is -0.497 e. The highest BCUT2D eigenvalue weighted by Crippen LogP contribution is 2.26. The van der Waals surface area contributed by atoms with E-state index in [0.717, 1.165) is 37.2 Å². The van der Waals surface area contributed by atoms with Crippen LogP contribution in [0.5, 0.6) is 5.75 Å². The van der Waals surface area contributed by atoms with E-state index in [1.807, 2.05) is 29.2 Å². The van der Waals surface area contributed by atoms with E-state index in [-0.39, 0.29) is 12.2 Å². The highest BCUT2D eigenvalue weighted by molar-refractivity contribution is 5.76. The van der Waals surface area contributed by atoms with Crippen LogP contribution in [-0.2, 0) is 20.7 Å². The Morgan fingerprint density at radius 1 is 1.17 bits per heavy atom. The van der Waals surface area contributed by atoms with Gasteiger partial charge in [0.25, 0.3) is 0 Å². The second-order valence-corrected chi connectivity index (χ2v) is 7.42. The second kappa shape index (κ2) is 9.37. The Bertz CT molecular complexity index is 793. The number of hydrogen-bond acceptors (Lipinski definition) is 7. The molecule has 29 heavy (non-hydrogen) atoms. The fourth-order valence-corrected chi connectivity index (χ4v) is 3.83. The highest BCUT2D eigenvalue weighted by atomic mass is 16.7. The lowest BCUT2D eigenvalue weighted by Gasteiger charge is -2.33. The number of piperidine rings is 1. The lowest BCUT2D eigenvalue weighted by Crippen LogP contribution is -2.41. The molecule has 0 saturated carbocycles. The third-order valence-corrected chi connectivity index (χ3v) is 5.52. The topological polar surface area (TPSA) is 86.9 Å². The Labute approximate surface area is 170 Å². The van der Waals surface area contributed by atoms with Gasteiger partial charge >= 0.3 is 0 Å². The first kappa shape index (κ1) is 19.8. The average Bonchev–Trinajstić information content (AvgIpc) is 3.46. The van der Waals surface area contributed by atoms with Gasteiger partial charge in [-0.15, -0.1) is 0 Å². The number of carbonyl (C=O) groups excluding carboxylic acids is 1. The van der Waals surface area contributed by atoms with E-state index in [2.05, 4.69) is 10.1 Å². The number of nitrogens with zero attached hydrogens (tertiary/aromatic N) is 3. The summed E-state index contributed by atoms with van der Waals surface area (Å²) < 4.78 is 21.7. The number of hydrogen-bond donors (Lipinski definition) is 0. The van der Waals surface area contributed by atoms with Crippen molar-refractivity contribution in [3.8, 4) is 17.1 Å². The van der Waals surface area contributed by atoms with Crippen molar-refractivity contribution in [2.75, 3.05) is 33.4 Å². The van der Waals surface area contributed by atoms with Gasteiger partial charge in [-0.25, -0.2) is 0 Å². The summed E-state index contributed by atoms with van der Waals surface area (Å²) in [4.78, 5) is 18.9. The molecule has 2 aliphatic heterocycles. The first-order valence-electron chi connectivity index (χ1n) is 10.2. The predicted molar refractivity (Wildman–Crippen MR) is 104 cm³/mol. The number of carbonyl (C=O) groups is 1. The standard InChI is InChI=1S/C21H27N3O5/c1-26-17-7-5-15(6-8-17)20-22-18(29-23-20)3-2-4-19(25)24-11-9-16(10-12-24)21-27-13-14-28-21/h5-8,16,21H,2-4,9-14H2,1H3. The van der Waals surface area contributed by atoms with Crippen LogP contribution in [0.1, 0.15) is 31.6 Å². The van der Waals surface area contributed by atoms with Crippen molar-refractivity contribution in [3.05, 3.63) is 30.2 Å². The fraction of sp³-hybridized carbons (Fsp3) is 0.571. The predicted octanol–water partition coefficient (Wildman–Crippen LogP) is 2.68. The molecular weight excluding hydrogens is 374 g/mol. The normalized spacial score (nSPS) is 18.3. The van der Waals surface area contributed by atoms with E-state index in [0.29, 0.717) is 50.1 Å². The lowest BCUT2D eigenvalue weighted by molar-refractivity contribution is -0.136. The highest BCUT2D eigenvalue weighted by Gasteiger charge is 2.31. The maximum atomic E-state index is 12.5. The minimum atomic E-state index is -0.0790. The maximum Gasteiger partial charge on any atom is 0.226 e. The van der Waals surface area contributed by atoms with Crippen LogP contribution in [0.4, 0.5) is 0 Å². The number of methoxy groups -OCH3 is 1. The molecule has 4 rings (SSSR count). The summed E-state index contributed by atoms with van der Waals surface area (Å²) in [6.07, 6.45) is 3.56. The molecule has 2 fully saturated rings. The molecule has 1 aromatic carbocycles. The molecule has 0 aliphatic carbocycles. The first-order valence-corrected chi connectivity index (χ1v) is 10.2. The Hall–Kier alpha value is -2.45. The van der Waals surface area contributed by atoms with E-state index < -0.39 is 0 Å². The van der Waals surface area contributed by atoms with Crippen LogP contribution in [0, 0.1) is 5.92 Å². The van der Waals surface area contributed by atoms with Crippen LogP contribution in [0.15, 0.2) is 28.8 Å². The summed E-state index contributed by atoms with van der Waals surface area (Å²) in [6.45, 7) is 2.91. The zero-order valence-electron chi connectivity index (χ0n) is 16.7. The van der Waals surface area contributed by atoms with Crippen molar-refractivity contribution in [3.63, 3.8) is 0 Å². The summed E-state index contributed by atoms with van der Waals surface area (Å²) >= 11 is 0. The van der Waals surface area contributed by atoms with Crippen molar-refractivity contribution in [2.45, 2.75) is 38.4 Å². The van der Waals surface area contributed by atoms with E-state index in [4.69, 9.17) is 18.7 Å². The Morgan fingerprint density at radius 2 is 1.90 bits per heavy atom. The van der Waals surface area contributed by atoms with Gasteiger partial charge in [0.1, 0.15) is 5.75 Å². The van der Waals surface area contributed by atoms with Crippen LogP contribution in [0.25, 0.3) is 11.4 Å². The molecule has 0 radical (unpaired) electrons. The van der Waals surface area contributed by atoms with Crippen molar-refractivity contribution in [1.29, 1.82) is 0 Å². The number of amides is 1. The van der Waals surface area contributed by atoms with Gasteiger partial charge in [0.05, 0.1) is 20.3 Å². The molecule has 156 valence electrons. The zero-order valence-corrected chi connectivity index (χ0v) is 16.7. The lowest BCUT2D eigenvalue weighted by atomic mass is 9.96.